The first-order valence-electron chi connectivity index (χ1n) is 12.5. The van der Waals surface area contributed by atoms with Crippen LogP contribution in [-0.4, -0.2) is 0 Å². The summed E-state index contributed by atoms with van der Waals surface area (Å²) in [5.74, 6) is 6.35. The smallest absolute Gasteiger partial charge is 0.0266 e. The van der Waals surface area contributed by atoms with Crippen molar-refractivity contribution < 1.29 is 0 Å². The molecule has 0 aromatic rings. The molecule has 0 nitrogen and oxygen atoms in total. The maximum Gasteiger partial charge on any atom is -0.0266 e. The quantitative estimate of drug-likeness (QED) is 0.434. The monoisotopic (exact) mass is 358 g/mol. The summed E-state index contributed by atoms with van der Waals surface area (Å²) in [5.41, 5.74) is 1.41. The summed E-state index contributed by atoms with van der Waals surface area (Å²) in [4.78, 5) is 0. The fourth-order valence-electron chi connectivity index (χ4n) is 8.87. The van der Waals surface area contributed by atoms with Gasteiger partial charge in [0.05, 0.1) is 0 Å². The van der Waals surface area contributed by atoms with Gasteiger partial charge in [0.1, 0.15) is 0 Å². The Bertz CT molecular complexity index is 480. The molecule has 0 heterocycles. The van der Waals surface area contributed by atoms with E-state index in [0.717, 1.165) is 35.5 Å². The summed E-state index contributed by atoms with van der Waals surface area (Å²) in [6, 6.07) is 0. The van der Waals surface area contributed by atoms with Gasteiger partial charge in [-0.15, -0.1) is 0 Å². The van der Waals surface area contributed by atoms with Gasteiger partial charge in [0.25, 0.3) is 0 Å². The molecule has 8 atom stereocenters. The minimum atomic E-state index is 0.704. The minimum absolute atomic E-state index is 0.704. The summed E-state index contributed by atoms with van der Waals surface area (Å²) in [5, 5.41) is 0. The number of hydrogen-bond donors (Lipinski definition) is 0. The second-order valence-electron chi connectivity index (χ2n) is 11.7. The number of unbranched alkanes of at least 4 members (excludes halogenated alkanes) is 3. The summed E-state index contributed by atoms with van der Waals surface area (Å²) >= 11 is 0. The maximum absolute atomic E-state index is 2.74. The summed E-state index contributed by atoms with van der Waals surface area (Å²) in [7, 11) is 0. The fraction of sp³-hybridized carbons (Fsp3) is 1.00. The van der Waals surface area contributed by atoms with Gasteiger partial charge in [-0.2, -0.15) is 0 Å². The van der Waals surface area contributed by atoms with Gasteiger partial charge < -0.3 is 0 Å². The molecule has 4 aliphatic rings. The molecule has 0 N–H and O–H groups in total. The number of rotatable bonds is 5. The van der Waals surface area contributed by atoms with Crippen molar-refractivity contribution in [3.8, 4) is 0 Å². The van der Waals surface area contributed by atoms with E-state index >= 15 is 0 Å². The summed E-state index contributed by atoms with van der Waals surface area (Å²) in [6.45, 7) is 10.3. The Morgan fingerprint density at radius 2 is 1.54 bits per heavy atom. The zero-order chi connectivity index (χ0) is 18.4. The van der Waals surface area contributed by atoms with Crippen molar-refractivity contribution in [1.29, 1.82) is 0 Å². The second-order valence-corrected chi connectivity index (χ2v) is 11.7. The lowest BCUT2D eigenvalue weighted by atomic mass is 9.44. The Morgan fingerprint density at radius 3 is 2.35 bits per heavy atom. The van der Waals surface area contributed by atoms with Crippen LogP contribution < -0.4 is 0 Å². The molecule has 4 rings (SSSR count). The molecule has 0 amide bonds. The molecule has 8 unspecified atom stereocenters. The van der Waals surface area contributed by atoms with E-state index in [1.165, 1.54) is 32.1 Å². The van der Waals surface area contributed by atoms with Gasteiger partial charge in [-0.3, -0.25) is 0 Å². The van der Waals surface area contributed by atoms with E-state index in [1.807, 2.05) is 0 Å². The zero-order valence-electron chi connectivity index (χ0n) is 18.4. The van der Waals surface area contributed by atoms with E-state index in [1.54, 1.807) is 57.8 Å². The molecule has 0 spiro atoms. The van der Waals surface area contributed by atoms with Crippen LogP contribution in [-0.2, 0) is 0 Å². The molecule has 0 aliphatic heterocycles. The highest BCUT2D eigenvalue weighted by molar-refractivity contribution is 5.08. The molecule has 150 valence electrons. The molecular formula is C26H46. The van der Waals surface area contributed by atoms with Crippen molar-refractivity contribution in [3.63, 3.8) is 0 Å². The molecule has 4 fully saturated rings. The lowest BCUT2D eigenvalue weighted by molar-refractivity contribution is -0.117. The zero-order valence-corrected chi connectivity index (χ0v) is 18.4. The van der Waals surface area contributed by atoms with Gasteiger partial charge in [-0.05, 0) is 104 Å². The standard InChI is InChI=1S/C26H46/c1-5-6-7-8-9-20-11-13-23-22-12-10-21-18-19(2)14-16-26(21,4)24(22)15-17-25(20,23)3/h19-24H,5-18H2,1-4H3. The van der Waals surface area contributed by atoms with Crippen molar-refractivity contribution >= 4 is 0 Å². The predicted molar refractivity (Wildman–Crippen MR) is 113 cm³/mol. The fourth-order valence-corrected chi connectivity index (χ4v) is 8.87. The Morgan fingerprint density at radius 1 is 0.769 bits per heavy atom. The Hall–Kier alpha value is 0. The molecular weight excluding hydrogens is 312 g/mol. The molecule has 4 saturated carbocycles. The first kappa shape index (κ1) is 19.3. The molecule has 0 bridgehead atoms. The van der Waals surface area contributed by atoms with Gasteiger partial charge in [0.15, 0.2) is 0 Å². The molecule has 26 heavy (non-hydrogen) atoms. The molecule has 0 aromatic heterocycles. The van der Waals surface area contributed by atoms with Crippen LogP contribution in [0.2, 0.25) is 0 Å². The minimum Gasteiger partial charge on any atom is -0.0654 e. The van der Waals surface area contributed by atoms with Gasteiger partial charge >= 0.3 is 0 Å². The predicted octanol–water partition coefficient (Wildman–Crippen LogP) is 8.25. The van der Waals surface area contributed by atoms with E-state index in [-0.39, 0.29) is 0 Å². The van der Waals surface area contributed by atoms with Gasteiger partial charge in [-0.1, -0.05) is 59.8 Å². The van der Waals surface area contributed by atoms with Crippen LogP contribution in [0.3, 0.4) is 0 Å². The molecule has 0 radical (unpaired) electrons. The van der Waals surface area contributed by atoms with Crippen LogP contribution in [0.1, 0.15) is 118 Å². The average molecular weight is 359 g/mol. The van der Waals surface area contributed by atoms with E-state index in [4.69, 9.17) is 0 Å². The molecule has 0 aromatic carbocycles. The van der Waals surface area contributed by atoms with Crippen molar-refractivity contribution in [1.82, 2.24) is 0 Å². The lowest BCUT2D eigenvalue weighted by Crippen LogP contribution is -2.53. The van der Waals surface area contributed by atoms with E-state index in [0.29, 0.717) is 10.8 Å². The van der Waals surface area contributed by atoms with Crippen LogP contribution in [0, 0.1) is 46.3 Å². The third-order valence-corrected chi connectivity index (χ3v) is 10.5. The van der Waals surface area contributed by atoms with Gasteiger partial charge in [0.2, 0.25) is 0 Å². The Labute approximate surface area is 164 Å². The van der Waals surface area contributed by atoms with Crippen LogP contribution in [0.4, 0.5) is 0 Å². The highest BCUT2D eigenvalue weighted by atomic mass is 14.6. The normalized spacial score (nSPS) is 50.8. The third-order valence-electron chi connectivity index (χ3n) is 10.5. The number of hydrogen-bond acceptors (Lipinski definition) is 0. The third kappa shape index (κ3) is 3.10. The van der Waals surface area contributed by atoms with Gasteiger partial charge in [-0.25, -0.2) is 0 Å². The highest BCUT2D eigenvalue weighted by Gasteiger charge is 2.59. The SMILES string of the molecule is CCCCCCC1CCC2C3CCC4CC(C)CCC4(C)C3CCC12C. The largest absolute Gasteiger partial charge is 0.0654 e. The highest BCUT2D eigenvalue weighted by Crippen LogP contribution is 2.68. The average Bonchev–Trinajstić information content (AvgIpc) is 2.96. The molecule has 4 aliphatic carbocycles. The number of fused-ring (bicyclic) bond motifs is 5. The Kier molecular flexibility index (Phi) is 5.53. The second kappa shape index (κ2) is 7.44. The van der Waals surface area contributed by atoms with Crippen molar-refractivity contribution in [3.05, 3.63) is 0 Å². The van der Waals surface area contributed by atoms with E-state index in [2.05, 4.69) is 27.7 Å². The first-order chi connectivity index (χ1) is 12.5. The Balaban J connectivity index is 1.46. The van der Waals surface area contributed by atoms with Gasteiger partial charge in [0, 0.05) is 0 Å². The van der Waals surface area contributed by atoms with E-state index < -0.39 is 0 Å². The topological polar surface area (TPSA) is 0 Å². The molecule has 0 heteroatoms. The van der Waals surface area contributed by atoms with Crippen molar-refractivity contribution in [2.75, 3.05) is 0 Å². The first-order valence-corrected chi connectivity index (χ1v) is 12.5. The maximum atomic E-state index is 2.74. The van der Waals surface area contributed by atoms with Crippen LogP contribution in [0.15, 0.2) is 0 Å². The van der Waals surface area contributed by atoms with Crippen molar-refractivity contribution in [2.45, 2.75) is 118 Å². The summed E-state index contributed by atoms with van der Waals surface area (Å²) in [6.07, 6.45) is 21.4. The van der Waals surface area contributed by atoms with Crippen LogP contribution in [0.25, 0.3) is 0 Å². The van der Waals surface area contributed by atoms with Crippen LogP contribution >= 0.6 is 0 Å². The lowest BCUT2D eigenvalue weighted by Gasteiger charge is -2.61. The van der Waals surface area contributed by atoms with Crippen LogP contribution in [0.5, 0.6) is 0 Å². The van der Waals surface area contributed by atoms with Crippen molar-refractivity contribution in [2.24, 2.45) is 46.3 Å². The summed E-state index contributed by atoms with van der Waals surface area (Å²) < 4.78 is 0. The molecule has 0 saturated heterocycles. The van der Waals surface area contributed by atoms with E-state index in [9.17, 15) is 0 Å².